The first kappa shape index (κ1) is 15.8. The Morgan fingerprint density at radius 1 is 1.25 bits per heavy atom. The minimum atomic E-state index is 0.395. The number of methoxy groups -OCH3 is 1. The maximum Gasteiger partial charge on any atom is 0.240 e. The maximum atomic E-state index is 5.32. The zero-order valence-corrected chi connectivity index (χ0v) is 14.5. The van der Waals surface area contributed by atoms with E-state index in [2.05, 4.69) is 26.5 Å². The summed E-state index contributed by atoms with van der Waals surface area (Å²) < 4.78 is 12.9. The Morgan fingerprint density at radius 3 is 3.00 bits per heavy atom. The number of aromatic nitrogens is 4. The zero-order chi connectivity index (χ0) is 16.5. The van der Waals surface area contributed by atoms with Crippen LogP contribution in [0.5, 0.6) is 0 Å². The van der Waals surface area contributed by atoms with E-state index < -0.39 is 0 Å². The van der Waals surface area contributed by atoms with Crippen molar-refractivity contribution in [2.45, 2.75) is 58.2 Å². The molecule has 1 aliphatic carbocycles. The average molecular weight is 331 g/mol. The molecule has 0 amide bonds. The zero-order valence-electron chi connectivity index (χ0n) is 14.5. The second-order valence-corrected chi connectivity index (χ2v) is 6.84. The normalized spacial score (nSPS) is 21.3. The molecule has 0 radical (unpaired) electrons. The summed E-state index contributed by atoms with van der Waals surface area (Å²) in [5, 5.41) is 3.94. The standard InChI is InChI=1S/C17H25N5O2/c1-12-18-14-5-3-4-6-15(14)22(12)13-7-8-21(9-13)10-17-19-16(11-23-2)20-24-17/h13H,3-11H2,1-2H3/t13-/m1/s1. The number of nitrogens with zero attached hydrogens (tertiary/aromatic N) is 5. The monoisotopic (exact) mass is 331 g/mol. The molecule has 7 heteroatoms. The van der Waals surface area contributed by atoms with E-state index in [0.717, 1.165) is 25.9 Å². The topological polar surface area (TPSA) is 69.2 Å². The van der Waals surface area contributed by atoms with E-state index in [-0.39, 0.29) is 0 Å². The van der Waals surface area contributed by atoms with Crippen LogP contribution in [-0.2, 0) is 30.7 Å². The highest BCUT2D eigenvalue weighted by atomic mass is 16.5. The van der Waals surface area contributed by atoms with Gasteiger partial charge in [-0.15, -0.1) is 0 Å². The van der Waals surface area contributed by atoms with Gasteiger partial charge in [0.05, 0.1) is 12.2 Å². The number of rotatable bonds is 5. The van der Waals surface area contributed by atoms with Crippen LogP contribution in [0, 0.1) is 6.92 Å². The lowest BCUT2D eigenvalue weighted by Crippen LogP contribution is -2.23. The Morgan fingerprint density at radius 2 is 2.12 bits per heavy atom. The number of likely N-dealkylation sites (tertiary alicyclic amines) is 1. The van der Waals surface area contributed by atoms with Crippen LogP contribution in [0.4, 0.5) is 0 Å². The molecule has 4 rings (SSSR count). The third-order valence-electron chi connectivity index (χ3n) is 5.10. The smallest absolute Gasteiger partial charge is 0.240 e. The van der Waals surface area contributed by atoms with E-state index in [4.69, 9.17) is 14.2 Å². The third-order valence-corrected chi connectivity index (χ3v) is 5.10. The summed E-state index contributed by atoms with van der Waals surface area (Å²) in [4.78, 5) is 11.6. The summed E-state index contributed by atoms with van der Waals surface area (Å²) in [6.07, 6.45) is 6.04. The molecule has 1 fully saturated rings. The number of hydrogen-bond donors (Lipinski definition) is 0. The Balaban J connectivity index is 1.44. The van der Waals surface area contributed by atoms with Crippen LogP contribution in [0.25, 0.3) is 0 Å². The molecular weight excluding hydrogens is 306 g/mol. The highest BCUT2D eigenvalue weighted by Crippen LogP contribution is 2.30. The SMILES string of the molecule is COCc1noc(CN2CC[C@@H](n3c(C)nc4c3CCCC4)C2)n1. The molecule has 3 heterocycles. The fourth-order valence-corrected chi connectivity index (χ4v) is 4.08. The van der Waals surface area contributed by atoms with E-state index >= 15 is 0 Å². The molecule has 0 spiro atoms. The van der Waals surface area contributed by atoms with Gasteiger partial charge in [0.2, 0.25) is 5.89 Å². The van der Waals surface area contributed by atoms with Gasteiger partial charge in [-0.3, -0.25) is 4.90 Å². The molecule has 24 heavy (non-hydrogen) atoms. The Hall–Kier alpha value is -1.73. The van der Waals surface area contributed by atoms with E-state index in [1.165, 1.54) is 36.5 Å². The lowest BCUT2D eigenvalue weighted by atomic mass is 10.0. The van der Waals surface area contributed by atoms with Crippen molar-refractivity contribution in [1.82, 2.24) is 24.6 Å². The molecule has 0 saturated carbocycles. The van der Waals surface area contributed by atoms with Gasteiger partial charge < -0.3 is 13.8 Å². The van der Waals surface area contributed by atoms with Crippen molar-refractivity contribution in [3.8, 4) is 0 Å². The van der Waals surface area contributed by atoms with Gasteiger partial charge in [0.1, 0.15) is 12.4 Å². The van der Waals surface area contributed by atoms with Crippen molar-refractivity contribution in [3.05, 3.63) is 28.9 Å². The van der Waals surface area contributed by atoms with Gasteiger partial charge in [-0.25, -0.2) is 4.98 Å². The van der Waals surface area contributed by atoms with Gasteiger partial charge in [0, 0.05) is 31.9 Å². The van der Waals surface area contributed by atoms with E-state index in [9.17, 15) is 0 Å². The Labute approximate surface area is 142 Å². The maximum absolute atomic E-state index is 5.32. The molecule has 0 aromatic carbocycles. The highest BCUT2D eigenvalue weighted by Gasteiger charge is 2.29. The van der Waals surface area contributed by atoms with Gasteiger partial charge in [-0.1, -0.05) is 5.16 Å². The van der Waals surface area contributed by atoms with Crippen LogP contribution >= 0.6 is 0 Å². The molecule has 2 aromatic heterocycles. The second kappa shape index (κ2) is 6.64. The Bertz CT molecular complexity index is 708. The van der Waals surface area contributed by atoms with Crippen LogP contribution in [0.2, 0.25) is 0 Å². The van der Waals surface area contributed by atoms with E-state index in [0.29, 0.717) is 30.9 Å². The minimum absolute atomic E-state index is 0.395. The molecule has 0 N–H and O–H groups in total. The number of ether oxygens (including phenoxy) is 1. The first-order valence-electron chi connectivity index (χ1n) is 8.84. The fraction of sp³-hybridized carbons (Fsp3) is 0.706. The summed E-state index contributed by atoms with van der Waals surface area (Å²) in [6, 6.07) is 0.515. The molecule has 1 atom stereocenters. The molecular formula is C17H25N5O2. The van der Waals surface area contributed by atoms with Crippen molar-refractivity contribution in [2.75, 3.05) is 20.2 Å². The van der Waals surface area contributed by atoms with Crippen molar-refractivity contribution in [3.63, 3.8) is 0 Å². The number of aryl methyl sites for hydroxylation is 2. The molecule has 7 nitrogen and oxygen atoms in total. The second-order valence-electron chi connectivity index (χ2n) is 6.84. The van der Waals surface area contributed by atoms with E-state index in [1.54, 1.807) is 7.11 Å². The van der Waals surface area contributed by atoms with Crippen LogP contribution < -0.4 is 0 Å². The van der Waals surface area contributed by atoms with Gasteiger partial charge >= 0.3 is 0 Å². The lowest BCUT2D eigenvalue weighted by Gasteiger charge is -2.20. The highest BCUT2D eigenvalue weighted by molar-refractivity contribution is 5.21. The van der Waals surface area contributed by atoms with Crippen LogP contribution in [0.15, 0.2) is 4.52 Å². The number of fused-ring (bicyclic) bond motifs is 1. The fourth-order valence-electron chi connectivity index (χ4n) is 4.08. The average Bonchev–Trinajstić information content (AvgIpc) is 3.26. The molecule has 1 aliphatic heterocycles. The first-order chi connectivity index (χ1) is 11.7. The molecule has 2 aromatic rings. The minimum Gasteiger partial charge on any atom is -0.377 e. The quantitative estimate of drug-likeness (QED) is 0.835. The van der Waals surface area contributed by atoms with Crippen molar-refractivity contribution < 1.29 is 9.26 Å². The van der Waals surface area contributed by atoms with Crippen molar-refractivity contribution in [2.24, 2.45) is 0 Å². The largest absolute Gasteiger partial charge is 0.377 e. The van der Waals surface area contributed by atoms with Gasteiger partial charge in [0.15, 0.2) is 5.82 Å². The summed E-state index contributed by atoms with van der Waals surface area (Å²) in [7, 11) is 1.63. The number of imidazole rings is 1. The molecule has 1 saturated heterocycles. The van der Waals surface area contributed by atoms with Crippen LogP contribution in [-0.4, -0.2) is 44.8 Å². The van der Waals surface area contributed by atoms with Gasteiger partial charge in [-0.2, -0.15) is 4.98 Å². The predicted octanol–water partition coefficient (Wildman–Crippen LogP) is 2.05. The molecule has 130 valence electrons. The molecule has 0 bridgehead atoms. The lowest BCUT2D eigenvalue weighted by molar-refractivity contribution is 0.174. The summed E-state index contributed by atoms with van der Waals surface area (Å²) in [6.45, 7) is 5.33. The predicted molar refractivity (Wildman–Crippen MR) is 87.5 cm³/mol. The number of hydrogen-bond acceptors (Lipinski definition) is 6. The van der Waals surface area contributed by atoms with Crippen LogP contribution in [0.1, 0.15) is 54.2 Å². The van der Waals surface area contributed by atoms with Crippen molar-refractivity contribution in [1.29, 1.82) is 0 Å². The first-order valence-corrected chi connectivity index (χ1v) is 8.84. The molecule has 0 unspecified atom stereocenters. The summed E-state index contributed by atoms with van der Waals surface area (Å²) in [5.74, 6) is 2.46. The summed E-state index contributed by atoms with van der Waals surface area (Å²) in [5.41, 5.74) is 2.81. The third kappa shape index (κ3) is 2.98. The van der Waals surface area contributed by atoms with Gasteiger partial charge in [0.25, 0.3) is 0 Å². The Kier molecular flexibility index (Phi) is 4.37. The van der Waals surface area contributed by atoms with E-state index in [1.807, 2.05) is 0 Å². The summed E-state index contributed by atoms with van der Waals surface area (Å²) >= 11 is 0. The molecule has 2 aliphatic rings. The van der Waals surface area contributed by atoms with Gasteiger partial charge in [-0.05, 0) is 39.0 Å². The van der Waals surface area contributed by atoms with Crippen molar-refractivity contribution >= 4 is 0 Å². The van der Waals surface area contributed by atoms with Crippen LogP contribution in [0.3, 0.4) is 0 Å².